The number of carbonyl (C=O) groups is 3. The minimum atomic E-state index is -1.62. The smallest absolute Gasteiger partial charge is 0.311 e. The van der Waals surface area contributed by atoms with E-state index in [0.29, 0.717) is 45.6 Å². The van der Waals surface area contributed by atoms with Gasteiger partial charge in [-0.3, -0.25) is 14.4 Å². The molecule has 1 aromatic carbocycles. The SMILES string of the molecule is Cc1cc(NC(=O)c2c3c(cn2C)S(=O)NC2CN(C(=O)C(=O)NC4(C)CC4)CC2CS3)ccc1F. The number of anilines is 1. The Kier molecular flexibility index (Phi) is 6.46. The van der Waals surface area contributed by atoms with Crippen LogP contribution in [0.2, 0.25) is 0 Å². The van der Waals surface area contributed by atoms with Gasteiger partial charge in [0.2, 0.25) is 0 Å². The summed E-state index contributed by atoms with van der Waals surface area (Å²) >= 11 is 1.42. The Morgan fingerprint density at radius 2 is 2.00 bits per heavy atom. The lowest BCUT2D eigenvalue weighted by Gasteiger charge is -2.22. The van der Waals surface area contributed by atoms with Crippen molar-refractivity contribution >= 4 is 46.2 Å². The van der Waals surface area contributed by atoms with Crippen molar-refractivity contribution in [2.24, 2.45) is 13.0 Å². The van der Waals surface area contributed by atoms with Crippen LogP contribution in [0.15, 0.2) is 34.2 Å². The number of hydrogen-bond donors (Lipinski definition) is 3. The zero-order valence-electron chi connectivity index (χ0n) is 20.2. The Bertz CT molecular complexity index is 1290. The molecule has 192 valence electrons. The molecule has 1 aliphatic carbocycles. The van der Waals surface area contributed by atoms with Gasteiger partial charge in [-0.05, 0) is 50.5 Å². The van der Waals surface area contributed by atoms with Crippen molar-refractivity contribution in [2.75, 3.05) is 24.2 Å². The second-order valence-electron chi connectivity index (χ2n) is 9.99. The fraction of sp³-hybridized carbons (Fsp3) is 0.458. The van der Waals surface area contributed by atoms with Gasteiger partial charge in [-0.15, -0.1) is 11.8 Å². The molecule has 3 amide bonds. The summed E-state index contributed by atoms with van der Waals surface area (Å²) in [5.41, 5.74) is 0.956. The number of benzene rings is 1. The molecule has 1 saturated carbocycles. The summed E-state index contributed by atoms with van der Waals surface area (Å²) in [6.45, 7) is 4.19. The zero-order chi connectivity index (χ0) is 25.8. The summed E-state index contributed by atoms with van der Waals surface area (Å²) in [4.78, 5) is 40.9. The number of nitrogens with zero attached hydrogens (tertiary/aromatic N) is 2. The molecule has 9 nitrogen and oxygen atoms in total. The van der Waals surface area contributed by atoms with Gasteiger partial charge in [0.25, 0.3) is 5.91 Å². The minimum absolute atomic E-state index is 0.0452. The number of aryl methyl sites for hydroxylation is 2. The molecule has 1 saturated heterocycles. The predicted molar refractivity (Wildman–Crippen MR) is 134 cm³/mol. The first-order valence-corrected chi connectivity index (χ1v) is 13.9. The number of nitrogens with one attached hydrogen (secondary N) is 3. The first-order chi connectivity index (χ1) is 17.0. The number of amides is 3. The maximum Gasteiger partial charge on any atom is 0.311 e. The third kappa shape index (κ3) is 4.81. The molecule has 1 aromatic heterocycles. The van der Waals surface area contributed by atoms with Gasteiger partial charge in [-0.25, -0.2) is 13.3 Å². The van der Waals surface area contributed by atoms with Crippen molar-refractivity contribution in [3.8, 4) is 0 Å². The van der Waals surface area contributed by atoms with Crippen LogP contribution in [0.1, 0.15) is 35.8 Å². The molecular formula is C24H28FN5O4S2. The molecular weight excluding hydrogens is 505 g/mol. The minimum Gasteiger partial charge on any atom is -0.344 e. The van der Waals surface area contributed by atoms with E-state index in [-0.39, 0.29) is 29.2 Å². The van der Waals surface area contributed by atoms with E-state index >= 15 is 0 Å². The van der Waals surface area contributed by atoms with Crippen molar-refractivity contribution in [3.05, 3.63) is 41.5 Å². The van der Waals surface area contributed by atoms with Gasteiger partial charge in [0.1, 0.15) is 22.5 Å². The van der Waals surface area contributed by atoms with Crippen LogP contribution in [-0.4, -0.2) is 61.8 Å². The first kappa shape index (κ1) is 25.0. The molecule has 2 aliphatic heterocycles. The third-order valence-corrected chi connectivity index (χ3v) is 9.62. The lowest BCUT2D eigenvalue weighted by atomic mass is 10.1. The maximum atomic E-state index is 13.6. The van der Waals surface area contributed by atoms with E-state index in [9.17, 15) is 23.0 Å². The Morgan fingerprint density at radius 3 is 2.69 bits per heavy atom. The van der Waals surface area contributed by atoms with Gasteiger partial charge < -0.3 is 20.1 Å². The average molecular weight is 534 g/mol. The van der Waals surface area contributed by atoms with Gasteiger partial charge in [-0.2, -0.15) is 0 Å². The van der Waals surface area contributed by atoms with Gasteiger partial charge in [0, 0.05) is 55.3 Å². The molecule has 3 N–H and O–H groups in total. The predicted octanol–water partition coefficient (Wildman–Crippen LogP) is 1.94. The summed E-state index contributed by atoms with van der Waals surface area (Å²) in [6, 6.07) is 4.11. The van der Waals surface area contributed by atoms with Crippen LogP contribution in [-0.2, 0) is 27.6 Å². The van der Waals surface area contributed by atoms with Crippen LogP contribution in [0.4, 0.5) is 10.1 Å². The molecule has 2 fully saturated rings. The van der Waals surface area contributed by atoms with E-state index in [1.807, 2.05) is 6.92 Å². The number of likely N-dealkylation sites (tertiary alicyclic amines) is 1. The van der Waals surface area contributed by atoms with Gasteiger partial charge in [-0.1, -0.05) is 0 Å². The highest BCUT2D eigenvalue weighted by atomic mass is 32.2. The zero-order valence-corrected chi connectivity index (χ0v) is 21.9. The molecule has 0 bridgehead atoms. The number of hydrogen-bond acceptors (Lipinski definition) is 5. The van der Waals surface area contributed by atoms with Crippen LogP contribution >= 0.6 is 11.8 Å². The van der Waals surface area contributed by atoms with E-state index in [1.165, 1.54) is 28.8 Å². The van der Waals surface area contributed by atoms with Crippen LogP contribution in [0.25, 0.3) is 0 Å². The highest BCUT2D eigenvalue weighted by molar-refractivity contribution is 8.00. The van der Waals surface area contributed by atoms with Gasteiger partial charge in [0.15, 0.2) is 0 Å². The van der Waals surface area contributed by atoms with Crippen molar-refractivity contribution < 1.29 is 23.0 Å². The summed E-state index contributed by atoms with van der Waals surface area (Å²) in [5, 5.41) is 5.60. The number of carbonyl (C=O) groups excluding carboxylic acids is 3. The highest BCUT2D eigenvalue weighted by Crippen LogP contribution is 2.37. The average Bonchev–Trinajstić information content (AvgIpc) is 3.26. The van der Waals surface area contributed by atoms with Crippen LogP contribution in [0.5, 0.6) is 0 Å². The van der Waals surface area contributed by atoms with Crippen molar-refractivity contribution in [3.63, 3.8) is 0 Å². The molecule has 5 rings (SSSR count). The normalized spacial score (nSPS) is 24.2. The van der Waals surface area contributed by atoms with Crippen molar-refractivity contribution in [1.82, 2.24) is 19.5 Å². The van der Waals surface area contributed by atoms with Gasteiger partial charge in [0.05, 0.1) is 9.79 Å². The molecule has 3 unspecified atom stereocenters. The number of halogens is 1. The highest BCUT2D eigenvalue weighted by Gasteiger charge is 2.44. The molecule has 0 radical (unpaired) electrons. The molecule has 3 atom stereocenters. The fourth-order valence-corrected chi connectivity index (χ4v) is 7.42. The standard InChI is InChI=1S/C24H28FN5O4S2/c1-13-8-15(4-5-16(13)25)26-21(31)19-20-18(11-29(19)3)36(34)28-17-10-30(9-14(17)12-35-20)23(33)22(32)27-24(2)6-7-24/h4-5,8,11,14,17,28H,6-7,9-10,12H2,1-3H3,(H,26,31)(H,27,32). The summed E-state index contributed by atoms with van der Waals surface area (Å²) < 4.78 is 31.6. The summed E-state index contributed by atoms with van der Waals surface area (Å²) in [5.74, 6) is -1.38. The van der Waals surface area contributed by atoms with Crippen LogP contribution < -0.4 is 15.4 Å². The molecule has 3 aliphatic rings. The molecule has 0 spiro atoms. The number of fused-ring (bicyclic) bond motifs is 2. The molecule has 12 heteroatoms. The monoisotopic (exact) mass is 533 g/mol. The summed E-state index contributed by atoms with van der Waals surface area (Å²) in [7, 11) is 0.0980. The van der Waals surface area contributed by atoms with Crippen LogP contribution in [0.3, 0.4) is 0 Å². The maximum absolute atomic E-state index is 13.6. The summed E-state index contributed by atoms with van der Waals surface area (Å²) in [6.07, 6.45) is 3.39. The third-order valence-electron chi connectivity index (χ3n) is 6.97. The van der Waals surface area contributed by atoms with E-state index < -0.39 is 22.8 Å². The lowest BCUT2D eigenvalue weighted by Crippen LogP contribution is -2.46. The Balaban J connectivity index is 1.32. The van der Waals surface area contributed by atoms with Gasteiger partial charge >= 0.3 is 11.8 Å². The van der Waals surface area contributed by atoms with E-state index in [4.69, 9.17) is 0 Å². The molecule has 3 heterocycles. The molecule has 36 heavy (non-hydrogen) atoms. The van der Waals surface area contributed by atoms with E-state index in [0.717, 1.165) is 12.8 Å². The largest absolute Gasteiger partial charge is 0.344 e. The van der Waals surface area contributed by atoms with Crippen molar-refractivity contribution in [2.45, 2.75) is 48.1 Å². The fourth-order valence-electron chi connectivity index (χ4n) is 4.54. The number of aromatic nitrogens is 1. The lowest BCUT2D eigenvalue weighted by molar-refractivity contribution is -0.145. The Morgan fingerprint density at radius 1 is 1.25 bits per heavy atom. The number of thioether (sulfide) groups is 1. The first-order valence-electron chi connectivity index (χ1n) is 11.7. The Labute approximate surface area is 215 Å². The quantitative estimate of drug-likeness (QED) is 0.522. The van der Waals surface area contributed by atoms with Crippen molar-refractivity contribution in [1.29, 1.82) is 0 Å². The van der Waals surface area contributed by atoms with Crippen LogP contribution in [0, 0.1) is 18.7 Å². The molecule has 2 aromatic rings. The van der Waals surface area contributed by atoms with E-state index in [2.05, 4.69) is 15.4 Å². The number of rotatable bonds is 3. The second-order valence-corrected chi connectivity index (χ2v) is 12.2. The Hall–Kier alpha value is -2.70. The second kappa shape index (κ2) is 9.31. The van der Waals surface area contributed by atoms with E-state index in [1.54, 1.807) is 30.8 Å². The topological polar surface area (TPSA) is 113 Å².